The molecular formula is C14H22N4O. The van der Waals surface area contributed by atoms with Crippen molar-refractivity contribution in [3.63, 3.8) is 0 Å². The fourth-order valence-electron chi connectivity index (χ4n) is 2.03. The second kappa shape index (κ2) is 6.78. The molecule has 0 radical (unpaired) electrons. The van der Waals surface area contributed by atoms with Crippen LogP contribution in [0.15, 0.2) is 23.2 Å². The summed E-state index contributed by atoms with van der Waals surface area (Å²) in [5.41, 5.74) is 8.71. The summed E-state index contributed by atoms with van der Waals surface area (Å²) in [6, 6.07) is 5.79. The molecule has 0 fully saturated rings. The Kier molecular flexibility index (Phi) is 5.36. The van der Waals surface area contributed by atoms with Crippen LogP contribution in [0.1, 0.15) is 25.0 Å². The van der Waals surface area contributed by atoms with Crippen molar-refractivity contribution in [1.82, 2.24) is 5.32 Å². The topological polar surface area (TPSA) is 70.7 Å². The Labute approximate surface area is 114 Å². The average Bonchev–Trinajstić information content (AvgIpc) is 2.41. The van der Waals surface area contributed by atoms with E-state index >= 15 is 0 Å². The quantitative estimate of drug-likeness (QED) is 0.646. The van der Waals surface area contributed by atoms with Crippen LogP contribution in [0.2, 0.25) is 0 Å². The van der Waals surface area contributed by atoms with E-state index in [2.05, 4.69) is 17.2 Å². The van der Waals surface area contributed by atoms with Gasteiger partial charge in [-0.05, 0) is 31.4 Å². The molecule has 0 aromatic heterocycles. The number of urea groups is 1. The molecule has 19 heavy (non-hydrogen) atoms. The monoisotopic (exact) mass is 262 g/mol. The van der Waals surface area contributed by atoms with Gasteiger partial charge < -0.3 is 5.73 Å². The Morgan fingerprint density at radius 1 is 1.42 bits per heavy atom. The maximum absolute atomic E-state index is 12.2. The van der Waals surface area contributed by atoms with E-state index in [1.807, 2.05) is 32.0 Å². The lowest BCUT2D eigenvalue weighted by Gasteiger charge is -2.25. The van der Waals surface area contributed by atoms with Crippen molar-refractivity contribution in [3.8, 4) is 0 Å². The molecule has 3 N–H and O–H groups in total. The van der Waals surface area contributed by atoms with Crippen molar-refractivity contribution in [2.75, 3.05) is 18.5 Å². The minimum atomic E-state index is -0.255. The van der Waals surface area contributed by atoms with Gasteiger partial charge in [-0.15, -0.1) is 0 Å². The molecule has 5 nitrogen and oxygen atoms in total. The average molecular weight is 262 g/mol. The summed E-state index contributed by atoms with van der Waals surface area (Å²) in [5, 5.41) is 2.57. The second-order valence-corrected chi connectivity index (χ2v) is 4.22. The highest BCUT2D eigenvalue weighted by Gasteiger charge is 2.18. The molecule has 1 rings (SSSR count). The first-order valence-electron chi connectivity index (χ1n) is 6.44. The minimum absolute atomic E-state index is 0.120. The summed E-state index contributed by atoms with van der Waals surface area (Å²) in [6.07, 6.45) is 0.873. The molecule has 0 heterocycles. The number of aliphatic imine (C=N–C) groups is 1. The van der Waals surface area contributed by atoms with Crippen LogP contribution in [0.3, 0.4) is 0 Å². The second-order valence-electron chi connectivity index (χ2n) is 4.22. The molecule has 1 aromatic carbocycles. The molecule has 0 saturated heterocycles. The van der Waals surface area contributed by atoms with Gasteiger partial charge in [0.2, 0.25) is 0 Å². The molecule has 0 bridgehead atoms. The van der Waals surface area contributed by atoms with Gasteiger partial charge >= 0.3 is 6.03 Å². The van der Waals surface area contributed by atoms with Crippen LogP contribution in [0.25, 0.3) is 0 Å². The molecule has 1 aromatic rings. The van der Waals surface area contributed by atoms with Gasteiger partial charge in [-0.2, -0.15) is 0 Å². The molecule has 0 atom stereocenters. The fraction of sp³-hybridized carbons (Fsp3) is 0.429. The molecule has 0 aliphatic rings. The zero-order chi connectivity index (χ0) is 14.4. The van der Waals surface area contributed by atoms with Crippen molar-refractivity contribution in [1.29, 1.82) is 0 Å². The van der Waals surface area contributed by atoms with Crippen molar-refractivity contribution < 1.29 is 4.79 Å². The zero-order valence-electron chi connectivity index (χ0n) is 12.0. The molecule has 104 valence electrons. The number of hydrogen-bond donors (Lipinski definition) is 2. The summed E-state index contributed by atoms with van der Waals surface area (Å²) in [6.45, 7) is 6.58. The predicted molar refractivity (Wildman–Crippen MR) is 79.7 cm³/mol. The highest BCUT2D eigenvalue weighted by Crippen LogP contribution is 2.25. The number of carbonyl (C=O) groups is 1. The minimum Gasteiger partial charge on any atom is -0.370 e. The lowest BCUT2D eigenvalue weighted by atomic mass is 10.0. The lowest BCUT2D eigenvalue weighted by molar-refractivity contribution is 0.250. The third kappa shape index (κ3) is 3.47. The summed E-state index contributed by atoms with van der Waals surface area (Å²) < 4.78 is 0. The van der Waals surface area contributed by atoms with Crippen LogP contribution in [0.4, 0.5) is 10.5 Å². The number of aryl methyl sites for hydroxylation is 2. The van der Waals surface area contributed by atoms with Crippen LogP contribution in [-0.4, -0.2) is 25.6 Å². The molecular weight excluding hydrogens is 240 g/mol. The van der Waals surface area contributed by atoms with Crippen molar-refractivity contribution in [2.45, 2.75) is 27.2 Å². The molecule has 0 unspecified atom stereocenters. The number of nitrogens with two attached hydrogens (primary N) is 1. The first-order valence-corrected chi connectivity index (χ1v) is 6.44. The molecule has 0 saturated carbocycles. The Morgan fingerprint density at radius 2 is 2.11 bits per heavy atom. The largest absolute Gasteiger partial charge is 0.370 e. The number of benzene rings is 1. The van der Waals surface area contributed by atoms with Crippen molar-refractivity contribution in [2.24, 2.45) is 10.7 Å². The lowest BCUT2D eigenvalue weighted by Crippen LogP contribution is -2.46. The fourth-order valence-corrected chi connectivity index (χ4v) is 2.03. The van der Waals surface area contributed by atoms with Crippen molar-refractivity contribution in [3.05, 3.63) is 29.3 Å². The van der Waals surface area contributed by atoms with Crippen LogP contribution >= 0.6 is 0 Å². The third-order valence-corrected chi connectivity index (χ3v) is 3.01. The number of nitrogens with one attached hydrogen (secondary N) is 1. The van der Waals surface area contributed by atoms with E-state index in [1.165, 1.54) is 7.05 Å². The Hall–Kier alpha value is -2.04. The van der Waals surface area contributed by atoms with E-state index in [9.17, 15) is 4.79 Å². The summed E-state index contributed by atoms with van der Waals surface area (Å²) >= 11 is 0. The molecule has 5 heteroatoms. The first-order chi connectivity index (χ1) is 9.04. The smallest absolute Gasteiger partial charge is 0.328 e. The van der Waals surface area contributed by atoms with Crippen LogP contribution in [0.5, 0.6) is 0 Å². The number of amides is 2. The maximum atomic E-state index is 12.2. The normalized spacial score (nSPS) is 11.3. The third-order valence-electron chi connectivity index (χ3n) is 3.01. The molecule has 0 spiro atoms. The van der Waals surface area contributed by atoms with Gasteiger partial charge in [0.15, 0.2) is 5.96 Å². The number of anilines is 1. The summed E-state index contributed by atoms with van der Waals surface area (Å²) in [7, 11) is 1.54. The molecule has 0 aliphatic carbocycles. The number of guanidine groups is 1. The number of nitrogens with zero attached hydrogens (tertiary/aromatic N) is 2. The predicted octanol–water partition coefficient (Wildman–Crippen LogP) is 2.04. The van der Waals surface area contributed by atoms with Crippen LogP contribution in [-0.2, 0) is 6.42 Å². The van der Waals surface area contributed by atoms with Gasteiger partial charge in [-0.3, -0.25) is 15.2 Å². The van der Waals surface area contributed by atoms with E-state index < -0.39 is 0 Å². The standard InChI is InChI=1S/C14H22N4O/c1-5-11-9-7-8-10(3)12(11)18(6-2)14(19)17-13(15)16-4/h7-9H,5-6H2,1-4H3,(H3,15,16,17,19). The van der Waals surface area contributed by atoms with Gasteiger partial charge in [0.1, 0.15) is 0 Å². The van der Waals surface area contributed by atoms with E-state index in [0.29, 0.717) is 6.54 Å². The first kappa shape index (κ1) is 15.0. The van der Waals surface area contributed by atoms with Gasteiger partial charge in [0.05, 0.1) is 5.69 Å². The molecule has 2 amide bonds. The number of para-hydroxylation sites is 1. The highest BCUT2D eigenvalue weighted by atomic mass is 16.2. The number of rotatable bonds is 3. The van der Waals surface area contributed by atoms with E-state index in [4.69, 9.17) is 5.73 Å². The van der Waals surface area contributed by atoms with E-state index in [0.717, 1.165) is 23.2 Å². The van der Waals surface area contributed by atoms with Crippen LogP contribution in [0, 0.1) is 6.92 Å². The van der Waals surface area contributed by atoms with Crippen molar-refractivity contribution >= 4 is 17.7 Å². The van der Waals surface area contributed by atoms with Gasteiger partial charge in [0, 0.05) is 13.6 Å². The van der Waals surface area contributed by atoms with Gasteiger partial charge in [-0.1, -0.05) is 25.1 Å². The molecule has 0 aliphatic heterocycles. The highest BCUT2D eigenvalue weighted by molar-refractivity contribution is 6.03. The Bertz CT molecular complexity index is 482. The Balaban J connectivity index is 3.13. The number of carbonyl (C=O) groups excluding carboxylic acids is 1. The number of hydrogen-bond acceptors (Lipinski definition) is 2. The van der Waals surface area contributed by atoms with E-state index in [-0.39, 0.29) is 12.0 Å². The van der Waals surface area contributed by atoms with Crippen LogP contribution < -0.4 is 16.0 Å². The van der Waals surface area contributed by atoms with Gasteiger partial charge in [0.25, 0.3) is 0 Å². The zero-order valence-corrected chi connectivity index (χ0v) is 12.0. The van der Waals surface area contributed by atoms with Gasteiger partial charge in [-0.25, -0.2) is 4.79 Å². The Morgan fingerprint density at radius 3 is 2.63 bits per heavy atom. The maximum Gasteiger partial charge on any atom is 0.328 e. The van der Waals surface area contributed by atoms with E-state index in [1.54, 1.807) is 4.90 Å². The summed E-state index contributed by atoms with van der Waals surface area (Å²) in [4.78, 5) is 17.6. The SMILES string of the molecule is CCc1cccc(C)c1N(CC)C(=O)NC(N)=NC. The summed E-state index contributed by atoms with van der Waals surface area (Å²) in [5.74, 6) is 0.120.